The second-order valence-electron chi connectivity index (χ2n) is 8.13. The molecule has 164 valence electrons. The summed E-state index contributed by atoms with van der Waals surface area (Å²) in [5, 5.41) is 2.78. The van der Waals surface area contributed by atoms with E-state index in [2.05, 4.69) is 44.5 Å². The Kier molecular flexibility index (Phi) is 4.66. The predicted octanol–water partition coefficient (Wildman–Crippen LogP) is 5.79. The minimum absolute atomic E-state index is 0.0920. The first-order valence-corrected chi connectivity index (χ1v) is 10.9. The third-order valence-corrected chi connectivity index (χ3v) is 5.71. The van der Waals surface area contributed by atoms with Crippen molar-refractivity contribution in [2.24, 2.45) is 0 Å². The third-order valence-electron chi connectivity index (χ3n) is 5.71. The number of anilines is 1. The van der Waals surface area contributed by atoms with E-state index in [0.29, 0.717) is 0 Å². The van der Waals surface area contributed by atoms with Crippen LogP contribution in [0.15, 0.2) is 85.2 Å². The van der Waals surface area contributed by atoms with Crippen molar-refractivity contribution >= 4 is 33.7 Å². The van der Waals surface area contributed by atoms with Gasteiger partial charge in [0.05, 0.1) is 22.1 Å². The van der Waals surface area contributed by atoms with Gasteiger partial charge in [0.15, 0.2) is 0 Å². The minimum Gasteiger partial charge on any atom is -0.338 e. The highest BCUT2D eigenvalue weighted by atomic mass is 16.1. The monoisotopic (exact) mass is 444 g/mol. The number of imidazole rings is 2. The molecule has 0 radical (unpaired) electrons. The number of amides is 1. The number of nitrogens with zero attached hydrogens (tertiary/aromatic N) is 3. The molecule has 0 bridgehead atoms. The lowest BCUT2D eigenvalue weighted by Gasteiger charge is -2.02. The van der Waals surface area contributed by atoms with Gasteiger partial charge < -0.3 is 15.3 Å². The van der Waals surface area contributed by atoms with Gasteiger partial charge in [-0.3, -0.25) is 9.78 Å². The van der Waals surface area contributed by atoms with Crippen LogP contribution >= 0.6 is 0 Å². The summed E-state index contributed by atoms with van der Waals surface area (Å²) in [6, 6.07) is 23.9. The molecule has 0 aliphatic carbocycles. The molecule has 0 saturated heterocycles. The number of pyridine rings is 1. The molecule has 0 saturated carbocycles. The highest BCUT2D eigenvalue weighted by Crippen LogP contribution is 2.29. The molecule has 0 aliphatic heterocycles. The van der Waals surface area contributed by atoms with Crippen molar-refractivity contribution in [1.82, 2.24) is 24.9 Å². The van der Waals surface area contributed by atoms with E-state index < -0.39 is 0 Å². The van der Waals surface area contributed by atoms with Gasteiger partial charge in [0.1, 0.15) is 11.6 Å². The number of aromatic nitrogens is 5. The molecular formula is C27H20N6O. The van der Waals surface area contributed by atoms with Gasteiger partial charge in [-0.05, 0) is 71.8 Å². The van der Waals surface area contributed by atoms with Crippen molar-refractivity contribution in [3.8, 4) is 33.9 Å². The second kappa shape index (κ2) is 7.97. The molecule has 7 nitrogen and oxygen atoms in total. The molecule has 0 aliphatic rings. The normalized spacial score (nSPS) is 11.2. The van der Waals surface area contributed by atoms with Crippen LogP contribution in [0, 0.1) is 0 Å². The third kappa shape index (κ3) is 3.69. The fraction of sp³-hybridized carbons (Fsp3) is 0.0370. The molecular weight excluding hydrogens is 424 g/mol. The molecule has 0 fully saturated rings. The van der Waals surface area contributed by atoms with E-state index >= 15 is 0 Å². The number of nitrogens with one attached hydrogen (secondary N) is 3. The van der Waals surface area contributed by atoms with Gasteiger partial charge in [0.25, 0.3) is 0 Å². The van der Waals surface area contributed by atoms with E-state index in [1.54, 1.807) is 12.4 Å². The van der Waals surface area contributed by atoms with Gasteiger partial charge in [-0.2, -0.15) is 0 Å². The maximum absolute atomic E-state index is 11.2. The quantitative estimate of drug-likeness (QED) is 0.320. The Balaban J connectivity index is 1.32. The molecule has 6 aromatic rings. The zero-order valence-corrected chi connectivity index (χ0v) is 18.3. The molecule has 1 amide bonds. The van der Waals surface area contributed by atoms with Crippen molar-refractivity contribution in [2.75, 3.05) is 5.32 Å². The molecule has 0 spiro atoms. The number of carbonyl (C=O) groups excluding carboxylic acids is 1. The van der Waals surface area contributed by atoms with Crippen LogP contribution in [0.4, 0.5) is 5.69 Å². The molecule has 34 heavy (non-hydrogen) atoms. The molecule has 3 aromatic carbocycles. The number of aromatic amines is 2. The largest absolute Gasteiger partial charge is 0.338 e. The molecule has 3 heterocycles. The van der Waals surface area contributed by atoms with Crippen molar-refractivity contribution in [2.45, 2.75) is 6.92 Å². The van der Waals surface area contributed by atoms with Gasteiger partial charge in [-0.15, -0.1) is 0 Å². The lowest BCUT2D eigenvalue weighted by molar-refractivity contribution is -0.114. The molecule has 3 N–H and O–H groups in total. The number of H-pyrrole nitrogens is 2. The van der Waals surface area contributed by atoms with Crippen LogP contribution < -0.4 is 5.32 Å². The number of fused-ring (bicyclic) bond motifs is 2. The smallest absolute Gasteiger partial charge is 0.221 e. The number of hydrogen-bond donors (Lipinski definition) is 3. The fourth-order valence-electron chi connectivity index (χ4n) is 4.07. The van der Waals surface area contributed by atoms with Gasteiger partial charge in [0, 0.05) is 36.1 Å². The van der Waals surface area contributed by atoms with Crippen molar-refractivity contribution < 1.29 is 4.79 Å². The summed E-state index contributed by atoms with van der Waals surface area (Å²) in [5.41, 5.74) is 8.58. The Morgan fingerprint density at radius 3 is 1.88 bits per heavy atom. The zero-order valence-electron chi connectivity index (χ0n) is 18.3. The Labute approximate surface area is 194 Å². The zero-order chi connectivity index (χ0) is 23.1. The minimum atomic E-state index is -0.0920. The Morgan fingerprint density at radius 2 is 1.32 bits per heavy atom. The highest BCUT2D eigenvalue weighted by molar-refractivity contribution is 5.90. The number of carbonyl (C=O) groups is 1. The number of benzene rings is 3. The van der Waals surface area contributed by atoms with Crippen LogP contribution in [0.25, 0.3) is 56.0 Å². The van der Waals surface area contributed by atoms with Gasteiger partial charge in [0.2, 0.25) is 5.91 Å². The first kappa shape index (κ1) is 19.9. The first-order valence-electron chi connectivity index (χ1n) is 10.9. The number of hydrogen-bond acceptors (Lipinski definition) is 4. The van der Waals surface area contributed by atoms with E-state index in [4.69, 9.17) is 9.97 Å². The van der Waals surface area contributed by atoms with Crippen molar-refractivity contribution in [3.63, 3.8) is 0 Å². The van der Waals surface area contributed by atoms with Crippen LogP contribution in [0.3, 0.4) is 0 Å². The molecule has 0 unspecified atom stereocenters. The van der Waals surface area contributed by atoms with Crippen molar-refractivity contribution in [1.29, 1.82) is 0 Å². The SMILES string of the molecule is CC(=O)Nc1ccc(-c2nc3ccc(-c4ccc5nc(-c6cccnc6)[nH]c5c4)cc3[nH]2)cc1. The summed E-state index contributed by atoms with van der Waals surface area (Å²) in [5.74, 6) is 1.50. The highest BCUT2D eigenvalue weighted by Gasteiger charge is 2.10. The van der Waals surface area contributed by atoms with Gasteiger partial charge in [-0.25, -0.2) is 9.97 Å². The van der Waals surface area contributed by atoms with E-state index in [-0.39, 0.29) is 5.91 Å². The lowest BCUT2D eigenvalue weighted by atomic mass is 10.0. The van der Waals surface area contributed by atoms with Crippen LogP contribution in [0.2, 0.25) is 0 Å². The van der Waals surface area contributed by atoms with E-state index in [1.165, 1.54) is 6.92 Å². The average molecular weight is 444 g/mol. The summed E-state index contributed by atoms with van der Waals surface area (Å²) >= 11 is 0. The Morgan fingerprint density at radius 1 is 0.735 bits per heavy atom. The first-order chi connectivity index (χ1) is 16.6. The van der Waals surface area contributed by atoms with Gasteiger partial charge >= 0.3 is 0 Å². The van der Waals surface area contributed by atoms with E-state index in [0.717, 1.165) is 61.7 Å². The average Bonchev–Trinajstić information content (AvgIpc) is 3.48. The second-order valence-corrected chi connectivity index (χ2v) is 8.13. The molecule has 6 rings (SSSR count). The maximum Gasteiger partial charge on any atom is 0.221 e. The summed E-state index contributed by atoms with van der Waals surface area (Å²) in [6.45, 7) is 1.49. The Bertz CT molecular complexity index is 1650. The summed E-state index contributed by atoms with van der Waals surface area (Å²) < 4.78 is 0. The molecule has 3 aromatic heterocycles. The molecule has 0 atom stereocenters. The Hall–Kier alpha value is -4.78. The van der Waals surface area contributed by atoms with Crippen LogP contribution in [0.1, 0.15) is 6.92 Å². The standard InChI is InChI=1S/C27H20N6O/c1-16(34)29-21-8-4-17(5-9-21)26-30-22-10-6-18(13-24(22)32-26)19-7-11-23-25(14-19)33-27(31-23)20-3-2-12-28-15-20/h2-15H,1H3,(H,29,34)(H,30,32)(H,31,33). The van der Waals surface area contributed by atoms with E-state index in [9.17, 15) is 4.79 Å². The summed E-state index contributed by atoms with van der Waals surface area (Å²) in [6.07, 6.45) is 3.55. The van der Waals surface area contributed by atoms with Crippen molar-refractivity contribution in [3.05, 3.63) is 85.2 Å². The number of rotatable bonds is 4. The summed E-state index contributed by atoms with van der Waals surface area (Å²) in [7, 11) is 0. The maximum atomic E-state index is 11.2. The van der Waals surface area contributed by atoms with E-state index in [1.807, 2.05) is 48.5 Å². The van der Waals surface area contributed by atoms with Gasteiger partial charge in [-0.1, -0.05) is 12.1 Å². The molecule has 7 heteroatoms. The predicted molar refractivity (Wildman–Crippen MR) is 134 cm³/mol. The topological polar surface area (TPSA) is 99.3 Å². The van der Waals surface area contributed by atoms with Crippen LogP contribution in [-0.2, 0) is 4.79 Å². The summed E-state index contributed by atoms with van der Waals surface area (Å²) in [4.78, 5) is 31.7. The van der Waals surface area contributed by atoms with Crippen LogP contribution in [0.5, 0.6) is 0 Å². The fourth-order valence-corrected chi connectivity index (χ4v) is 4.07. The van der Waals surface area contributed by atoms with Crippen LogP contribution in [-0.4, -0.2) is 30.8 Å². The lowest BCUT2D eigenvalue weighted by Crippen LogP contribution is -2.05.